The first-order valence-corrected chi connectivity index (χ1v) is 8.94. The van der Waals surface area contributed by atoms with Crippen molar-refractivity contribution in [2.75, 3.05) is 6.61 Å². The van der Waals surface area contributed by atoms with E-state index in [-0.39, 0.29) is 6.04 Å². The van der Waals surface area contributed by atoms with Crippen LogP contribution in [0.15, 0.2) is 34.8 Å². The minimum atomic E-state index is -0.0989. The van der Waals surface area contributed by atoms with Gasteiger partial charge in [0.05, 0.1) is 6.61 Å². The van der Waals surface area contributed by atoms with Crippen LogP contribution in [0, 0.1) is 3.57 Å². The van der Waals surface area contributed by atoms with Gasteiger partial charge in [0, 0.05) is 25.5 Å². The lowest BCUT2D eigenvalue weighted by molar-refractivity contribution is 0.352. The monoisotopic (exact) mass is 477 g/mol. The Bertz CT molecular complexity index is 692. The minimum absolute atomic E-state index is 0.0989. The Hall–Kier alpha value is -0.300. The fourth-order valence-electron chi connectivity index (χ4n) is 2.64. The van der Waals surface area contributed by atoms with Gasteiger partial charge < -0.3 is 10.5 Å². The second-order valence-corrected chi connectivity index (χ2v) is 7.64. The Labute approximate surface area is 151 Å². The van der Waals surface area contributed by atoms with Crippen LogP contribution in [0.5, 0.6) is 5.75 Å². The maximum Gasteiger partial charge on any atom is 0.125 e. The first-order chi connectivity index (χ1) is 10.0. The molecule has 5 heteroatoms. The van der Waals surface area contributed by atoms with Gasteiger partial charge in [0.1, 0.15) is 5.75 Å². The van der Waals surface area contributed by atoms with E-state index in [1.54, 1.807) is 0 Å². The number of benzene rings is 2. The van der Waals surface area contributed by atoms with Gasteiger partial charge in [0.15, 0.2) is 0 Å². The summed E-state index contributed by atoms with van der Waals surface area (Å²) >= 11 is 12.0. The normalized spacial score (nSPS) is 14.7. The third-order valence-corrected chi connectivity index (χ3v) is 5.30. The van der Waals surface area contributed by atoms with Gasteiger partial charge in [-0.25, -0.2) is 0 Å². The summed E-state index contributed by atoms with van der Waals surface area (Å²) in [4.78, 5) is 0. The van der Waals surface area contributed by atoms with Crippen molar-refractivity contribution in [2.45, 2.75) is 18.9 Å². The molecule has 2 aromatic rings. The highest BCUT2D eigenvalue weighted by atomic mass is 127. The van der Waals surface area contributed by atoms with Crippen LogP contribution in [0.4, 0.5) is 0 Å². The number of ether oxygens (including phenoxy) is 1. The Morgan fingerprint density at radius 3 is 2.95 bits per heavy atom. The molecule has 0 fully saturated rings. The second-order valence-electron chi connectivity index (χ2n) is 5.13. The predicted molar refractivity (Wildman–Crippen MR) is 98.1 cm³/mol. The van der Waals surface area contributed by atoms with Gasteiger partial charge >= 0.3 is 0 Å². The van der Waals surface area contributed by atoms with Gasteiger partial charge in [0.2, 0.25) is 0 Å². The van der Waals surface area contributed by atoms with Crippen LogP contribution < -0.4 is 10.5 Å². The quantitative estimate of drug-likeness (QED) is 0.638. The van der Waals surface area contributed by atoms with Crippen molar-refractivity contribution in [1.82, 2.24) is 0 Å². The number of nitrogens with two attached hydrogens (primary N) is 1. The largest absolute Gasteiger partial charge is 0.493 e. The fraction of sp³-hybridized carbons (Fsp3) is 0.250. The topological polar surface area (TPSA) is 35.2 Å². The summed E-state index contributed by atoms with van der Waals surface area (Å²) in [6, 6.07) is 9.96. The molecule has 110 valence electrons. The van der Waals surface area contributed by atoms with Crippen LogP contribution >= 0.6 is 50.1 Å². The number of halogens is 3. The van der Waals surface area contributed by atoms with Crippen LogP contribution in [0.25, 0.3) is 0 Å². The maximum absolute atomic E-state index is 6.41. The third-order valence-electron chi connectivity index (χ3n) is 3.62. The van der Waals surface area contributed by atoms with Crippen LogP contribution in [0.1, 0.15) is 22.7 Å². The van der Waals surface area contributed by atoms with E-state index < -0.39 is 0 Å². The molecule has 0 aromatic heterocycles. The summed E-state index contributed by atoms with van der Waals surface area (Å²) in [6.45, 7) is 0.753. The van der Waals surface area contributed by atoms with Crippen LogP contribution in [-0.4, -0.2) is 6.61 Å². The molecule has 0 spiro atoms. The molecule has 1 heterocycles. The molecule has 0 saturated heterocycles. The Morgan fingerprint density at radius 2 is 2.14 bits per heavy atom. The van der Waals surface area contributed by atoms with Crippen LogP contribution in [0.3, 0.4) is 0 Å². The zero-order valence-electron chi connectivity index (χ0n) is 11.2. The first kappa shape index (κ1) is 15.6. The summed E-state index contributed by atoms with van der Waals surface area (Å²) in [5, 5.41) is 0.719. The molecular formula is C16H14BrClINO. The van der Waals surface area contributed by atoms with Gasteiger partial charge in [0.25, 0.3) is 0 Å². The zero-order valence-corrected chi connectivity index (χ0v) is 15.7. The molecule has 2 nitrogen and oxygen atoms in total. The lowest BCUT2D eigenvalue weighted by Crippen LogP contribution is -2.15. The number of hydrogen-bond donors (Lipinski definition) is 1. The molecule has 0 saturated carbocycles. The molecule has 0 amide bonds. The smallest absolute Gasteiger partial charge is 0.125 e. The van der Waals surface area contributed by atoms with Gasteiger partial charge in [-0.05, 0) is 76.0 Å². The van der Waals surface area contributed by atoms with E-state index in [1.165, 1.54) is 5.56 Å². The zero-order chi connectivity index (χ0) is 15.0. The number of hydrogen-bond acceptors (Lipinski definition) is 2. The molecular weight excluding hydrogens is 464 g/mol. The highest BCUT2D eigenvalue weighted by molar-refractivity contribution is 14.1. The SMILES string of the molecule is NC(Cc1cc(Br)cc2c1OCC2)c1cc(Cl)ccc1I. The van der Waals surface area contributed by atoms with Gasteiger partial charge in [-0.2, -0.15) is 0 Å². The molecule has 2 aromatic carbocycles. The van der Waals surface area contributed by atoms with Gasteiger partial charge in [-0.1, -0.05) is 27.5 Å². The predicted octanol–water partition coefficient (Wildman–Crippen LogP) is 4.88. The molecule has 1 unspecified atom stereocenters. The van der Waals surface area contributed by atoms with Crippen molar-refractivity contribution in [3.63, 3.8) is 0 Å². The molecule has 1 aliphatic heterocycles. The van der Waals surface area contributed by atoms with E-state index in [2.05, 4.69) is 50.7 Å². The van der Waals surface area contributed by atoms with Crippen LogP contribution in [0.2, 0.25) is 5.02 Å². The molecule has 3 rings (SSSR count). The lowest BCUT2D eigenvalue weighted by Gasteiger charge is -2.17. The summed E-state index contributed by atoms with van der Waals surface area (Å²) in [7, 11) is 0. The van der Waals surface area contributed by atoms with Crippen molar-refractivity contribution in [3.05, 3.63) is 60.1 Å². The highest BCUT2D eigenvalue weighted by Crippen LogP contribution is 2.35. The summed E-state index contributed by atoms with van der Waals surface area (Å²) in [5.74, 6) is 1.01. The standard InChI is InChI=1S/C16H14BrClINO/c17-11-5-9-3-4-21-16(9)10(6-11)7-15(20)13-8-12(18)1-2-14(13)19/h1-2,5-6,8,15H,3-4,7,20H2. The molecule has 1 atom stereocenters. The number of fused-ring (bicyclic) bond motifs is 1. The molecule has 0 radical (unpaired) electrons. The van der Waals surface area contributed by atoms with Gasteiger partial charge in [-0.15, -0.1) is 0 Å². The van der Waals surface area contributed by atoms with E-state index >= 15 is 0 Å². The van der Waals surface area contributed by atoms with Crippen LogP contribution in [-0.2, 0) is 12.8 Å². The number of rotatable bonds is 3. The van der Waals surface area contributed by atoms with E-state index in [0.717, 1.165) is 49.4 Å². The summed E-state index contributed by atoms with van der Waals surface area (Å²) < 4.78 is 7.99. The average molecular weight is 479 g/mol. The lowest BCUT2D eigenvalue weighted by atomic mass is 9.97. The first-order valence-electron chi connectivity index (χ1n) is 6.69. The fourth-order valence-corrected chi connectivity index (χ4v) is 4.11. The van der Waals surface area contributed by atoms with Crippen molar-refractivity contribution in [1.29, 1.82) is 0 Å². The Morgan fingerprint density at radius 1 is 1.33 bits per heavy atom. The molecule has 1 aliphatic rings. The second kappa shape index (κ2) is 6.44. The van der Waals surface area contributed by atoms with Crippen molar-refractivity contribution < 1.29 is 4.74 Å². The average Bonchev–Trinajstić information content (AvgIpc) is 2.89. The maximum atomic E-state index is 6.41. The van der Waals surface area contributed by atoms with Gasteiger partial charge in [-0.3, -0.25) is 0 Å². The summed E-state index contributed by atoms with van der Waals surface area (Å²) in [6.07, 6.45) is 1.70. The minimum Gasteiger partial charge on any atom is -0.493 e. The van der Waals surface area contributed by atoms with Crippen molar-refractivity contribution in [3.8, 4) is 5.75 Å². The van der Waals surface area contributed by atoms with Crippen molar-refractivity contribution in [2.24, 2.45) is 5.73 Å². The summed E-state index contributed by atoms with van der Waals surface area (Å²) in [5.41, 5.74) is 9.89. The molecule has 0 aliphatic carbocycles. The third kappa shape index (κ3) is 3.38. The van der Waals surface area contributed by atoms with Crippen molar-refractivity contribution >= 4 is 50.1 Å². The Balaban J connectivity index is 1.92. The van der Waals surface area contributed by atoms with E-state index in [9.17, 15) is 0 Å². The Kier molecular flexibility index (Phi) is 4.78. The van der Waals surface area contributed by atoms with E-state index in [0.29, 0.717) is 0 Å². The molecule has 2 N–H and O–H groups in total. The highest BCUT2D eigenvalue weighted by Gasteiger charge is 2.20. The van der Waals surface area contributed by atoms with E-state index in [4.69, 9.17) is 22.1 Å². The van der Waals surface area contributed by atoms with E-state index in [1.807, 2.05) is 18.2 Å². The molecule has 0 bridgehead atoms. The molecule has 21 heavy (non-hydrogen) atoms.